The molecule has 0 unspecified atom stereocenters. The van der Waals surface area contributed by atoms with Gasteiger partial charge in [-0.15, -0.1) is 0 Å². The van der Waals surface area contributed by atoms with Gasteiger partial charge in [0.15, 0.2) is 24.1 Å². The lowest BCUT2D eigenvalue weighted by Gasteiger charge is -2.45. The van der Waals surface area contributed by atoms with Gasteiger partial charge in [0.1, 0.15) is 24.4 Å². The van der Waals surface area contributed by atoms with E-state index < -0.39 is 37.1 Å². The monoisotopic (exact) mass is 400 g/mol. The van der Waals surface area contributed by atoms with Crippen LogP contribution in [0.25, 0.3) is 0 Å². The molecule has 6 rings (SSSR count). The third kappa shape index (κ3) is 2.83. The molecule has 3 fully saturated rings. The fraction of sp³-hybridized carbons (Fsp3) is 0.429. The van der Waals surface area contributed by atoms with Gasteiger partial charge in [-0.05, 0) is 12.1 Å². The van der Waals surface area contributed by atoms with E-state index in [-0.39, 0.29) is 6.10 Å². The van der Waals surface area contributed by atoms with Crippen LogP contribution in [0.4, 0.5) is 0 Å². The van der Waals surface area contributed by atoms with Crippen LogP contribution >= 0.6 is 0 Å². The summed E-state index contributed by atoms with van der Waals surface area (Å²) >= 11 is 0. The quantitative estimate of drug-likeness (QED) is 0.761. The number of hydrogen-bond donors (Lipinski definition) is 0. The highest BCUT2D eigenvalue weighted by Gasteiger charge is 2.65. The van der Waals surface area contributed by atoms with Crippen molar-refractivity contribution < 1.29 is 37.9 Å². The first-order valence-corrected chi connectivity index (χ1v) is 9.58. The van der Waals surface area contributed by atoms with Crippen molar-refractivity contribution in [1.82, 2.24) is 0 Å². The second-order valence-corrected chi connectivity index (χ2v) is 7.27. The molecule has 2 aromatic carbocycles. The van der Waals surface area contributed by atoms with Crippen LogP contribution in [0.1, 0.15) is 11.9 Å². The van der Waals surface area contributed by atoms with Crippen LogP contribution in [0.5, 0.6) is 11.5 Å². The summed E-state index contributed by atoms with van der Waals surface area (Å²) in [5.41, 5.74) is 0.922. The van der Waals surface area contributed by atoms with Crippen molar-refractivity contribution in [3.63, 3.8) is 0 Å². The Morgan fingerprint density at radius 1 is 0.828 bits per heavy atom. The van der Waals surface area contributed by atoms with Gasteiger partial charge < -0.3 is 28.4 Å². The summed E-state index contributed by atoms with van der Waals surface area (Å²) < 4.78 is 47.6. The van der Waals surface area contributed by atoms with Crippen molar-refractivity contribution in [3.05, 3.63) is 60.2 Å². The third-order valence-corrected chi connectivity index (χ3v) is 5.47. The van der Waals surface area contributed by atoms with E-state index in [1.54, 1.807) is 19.2 Å². The first-order valence-electron chi connectivity index (χ1n) is 9.58. The summed E-state index contributed by atoms with van der Waals surface area (Å²) in [6.45, 7) is 0.339. The van der Waals surface area contributed by atoms with Crippen molar-refractivity contribution in [1.29, 1.82) is 0 Å². The van der Waals surface area contributed by atoms with Gasteiger partial charge in [0, 0.05) is 12.7 Å². The number of hydrogen-bond acceptors (Lipinski definition) is 8. The molecule has 4 aliphatic heterocycles. The van der Waals surface area contributed by atoms with Gasteiger partial charge in [0.25, 0.3) is 0 Å². The lowest BCUT2D eigenvalue weighted by Crippen LogP contribution is -2.61. The summed E-state index contributed by atoms with van der Waals surface area (Å²) in [6, 6.07) is 17.0. The van der Waals surface area contributed by atoms with Crippen molar-refractivity contribution in [2.75, 3.05) is 13.7 Å². The fourth-order valence-corrected chi connectivity index (χ4v) is 4.14. The molecule has 0 aromatic heterocycles. The van der Waals surface area contributed by atoms with Gasteiger partial charge in [-0.3, -0.25) is 9.47 Å². The van der Waals surface area contributed by atoms with Gasteiger partial charge in [0.05, 0.1) is 6.61 Å². The summed E-state index contributed by atoms with van der Waals surface area (Å²) in [5.74, 6) is 1.10. The average Bonchev–Trinajstić information content (AvgIpc) is 3.32. The minimum Gasteiger partial charge on any atom is -0.403 e. The van der Waals surface area contributed by atoms with Crippen LogP contribution in [-0.4, -0.2) is 50.6 Å². The maximum absolute atomic E-state index is 6.24. The van der Waals surface area contributed by atoms with E-state index >= 15 is 0 Å². The van der Waals surface area contributed by atoms with Gasteiger partial charge in [-0.1, -0.05) is 42.5 Å². The van der Waals surface area contributed by atoms with Crippen LogP contribution in [0.2, 0.25) is 0 Å². The van der Waals surface area contributed by atoms with Crippen molar-refractivity contribution in [3.8, 4) is 11.5 Å². The van der Waals surface area contributed by atoms with E-state index in [9.17, 15) is 0 Å². The largest absolute Gasteiger partial charge is 0.511 e. The SMILES string of the molecule is CO[C@H]1O[C@@H]2CO[C@@H](c3ccccc3)O[C@H]2[C@@H]2OC3(Oc4ccccc4O3)O[C@@H]12. The molecule has 0 aliphatic carbocycles. The smallest absolute Gasteiger partial charge is 0.403 e. The molecule has 4 heterocycles. The number of para-hydroxylation sites is 2. The molecule has 2 aromatic rings. The van der Waals surface area contributed by atoms with E-state index in [2.05, 4.69) is 0 Å². The summed E-state index contributed by atoms with van der Waals surface area (Å²) in [7, 11) is 1.55. The van der Waals surface area contributed by atoms with Gasteiger partial charge in [-0.25, -0.2) is 0 Å². The van der Waals surface area contributed by atoms with Gasteiger partial charge in [-0.2, -0.15) is 0 Å². The zero-order valence-corrected chi connectivity index (χ0v) is 15.6. The van der Waals surface area contributed by atoms with E-state index in [1.807, 2.05) is 42.5 Å². The molecule has 8 heteroatoms. The lowest BCUT2D eigenvalue weighted by atomic mass is 9.98. The highest BCUT2D eigenvalue weighted by atomic mass is 17.1. The molecule has 0 radical (unpaired) electrons. The minimum atomic E-state index is -1.68. The predicted molar refractivity (Wildman–Crippen MR) is 95.9 cm³/mol. The molecule has 1 spiro atoms. The molecule has 6 atom stereocenters. The molecule has 29 heavy (non-hydrogen) atoms. The highest BCUT2D eigenvalue weighted by Crippen LogP contribution is 2.48. The van der Waals surface area contributed by atoms with Crippen LogP contribution in [0, 0.1) is 0 Å². The normalized spacial score (nSPS) is 36.6. The number of methoxy groups -OCH3 is 1. The minimum absolute atomic E-state index is 0.339. The summed E-state index contributed by atoms with van der Waals surface area (Å²) in [6.07, 6.45) is -4.81. The number of ether oxygens (including phenoxy) is 8. The zero-order valence-electron chi connectivity index (χ0n) is 15.6. The van der Waals surface area contributed by atoms with Crippen LogP contribution in [0.15, 0.2) is 54.6 Å². The molecule has 4 aliphatic rings. The number of fused-ring (bicyclic) bond motifs is 4. The Morgan fingerprint density at radius 3 is 2.24 bits per heavy atom. The Balaban J connectivity index is 1.28. The first-order chi connectivity index (χ1) is 14.2. The molecule has 152 valence electrons. The molecule has 8 nitrogen and oxygen atoms in total. The van der Waals surface area contributed by atoms with E-state index in [1.165, 1.54) is 0 Å². The lowest BCUT2D eigenvalue weighted by molar-refractivity contribution is -0.393. The number of rotatable bonds is 2. The molecule has 3 saturated heterocycles. The summed E-state index contributed by atoms with van der Waals surface area (Å²) in [4.78, 5) is 0. The van der Waals surface area contributed by atoms with E-state index in [4.69, 9.17) is 37.9 Å². The Morgan fingerprint density at radius 2 is 1.52 bits per heavy atom. The maximum atomic E-state index is 6.24. The van der Waals surface area contributed by atoms with E-state index in [0.717, 1.165) is 5.56 Å². The van der Waals surface area contributed by atoms with Crippen molar-refractivity contribution >= 4 is 0 Å². The van der Waals surface area contributed by atoms with Crippen LogP contribution < -0.4 is 9.47 Å². The Bertz CT molecular complexity index is 864. The number of benzene rings is 2. The molecular weight excluding hydrogens is 380 g/mol. The van der Waals surface area contributed by atoms with Gasteiger partial charge in [0.2, 0.25) is 0 Å². The predicted octanol–water partition coefficient (Wildman–Crippen LogP) is 2.34. The van der Waals surface area contributed by atoms with Crippen molar-refractivity contribution in [2.45, 2.75) is 43.2 Å². The van der Waals surface area contributed by atoms with Crippen LogP contribution in [0.3, 0.4) is 0 Å². The Hall–Kier alpha value is -2.20. The van der Waals surface area contributed by atoms with Crippen LogP contribution in [-0.2, 0) is 28.4 Å². The van der Waals surface area contributed by atoms with Gasteiger partial charge >= 0.3 is 6.16 Å². The van der Waals surface area contributed by atoms with E-state index in [0.29, 0.717) is 18.1 Å². The average molecular weight is 400 g/mol. The Labute approximate surface area is 167 Å². The molecule has 0 bridgehead atoms. The van der Waals surface area contributed by atoms with Crippen molar-refractivity contribution in [2.24, 2.45) is 0 Å². The first kappa shape index (κ1) is 17.6. The second-order valence-electron chi connectivity index (χ2n) is 7.27. The topological polar surface area (TPSA) is 73.8 Å². The highest BCUT2D eigenvalue weighted by molar-refractivity contribution is 5.42. The molecular formula is C21H20O8. The zero-order chi connectivity index (χ0) is 19.4. The fourth-order valence-electron chi connectivity index (χ4n) is 4.14. The Kier molecular flexibility index (Phi) is 4.05. The molecule has 0 saturated carbocycles. The second kappa shape index (κ2) is 6.66. The maximum Gasteiger partial charge on any atom is 0.511 e. The molecule has 0 amide bonds. The third-order valence-electron chi connectivity index (χ3n) is 5.47. The molecule has 0 N–H and O–H groups in total. The standard InChI is InChI=1S/C21H20O8/c1-22-20-18-17(28-21(29-18)26-13-9-5-6-10-14(13)27-21)16-15(24-20)11-23-19(25-16)12-7-3-2-4-8-12/h2-10,15-20H,11H2,1H3/t15-,16-,17+,18-,19-,20+/m1/s1. The summed E-state index contributed by atoms with van der Waals surface area (Å²) in [5, 5.41) is 0.